The molecule has 3 rings (SSSR count). The Morgan fingerprint density at radius 3 is 2.36 bits per heavy atom. The first-order valence-electron chi connectivity index (χ1n) is 9.40. The monoisotopic (exact) mass is 379 g/mol. The minimum absolute atomic E-state index is 0.0185. The van der Waals surface area contributed by atoms with Crippen LogP contribution in [0.5, 0.6) is 11.5 Å². The van der Waals surface area contributed by atoms with E-state index in [2.05, 4.69) is 5.32 Å². The predicted octanol–water partition coefficient (Wildman–Crippen LogP) is 4.37. The summed E-state index contributed by atoms with van der Waals surface area (Å²) in [6.45, 7) is 2.47. The van der Waals surface area contributed by atoms with Gasteiger partial charge in [0, 0.05) is 12.5 Å². The molecule has 1 atom stereocenters. The third kappa shape index (κ3) is 6.50. The van der Waals surface area contributed by atoms with Gasteiger partial charge in [0.15, 0.2) is 6.61 Å². The van der Waals surface area contributed by atoms with Crippen LogP contribution in [0.4, 0.5) is 0 Å². The van der Waals surface area contributed by atoms with Crippen LogP contribution in [-0.4, -0.2) is 18.6 Å². The summed E-state index contributed by atoms with van der Waals surface area (Å²) in [5, 5.41) is 2.93. The van der Waals surface area contributed by atoms with Crippen molar-refractivity contribution in [3.05, 3.63) is 84.3 Å². The Labute approximate surface area is 165 Å². The van der Waals surface area contributed by atoms with Crippen molar-refractivity contribution in [1.29, 1.82) is 0 Å². The first kappa shape index (κ1) is 19.5. The SMILES string of the molecule is CC(CCc1ccco1)NC(=O)COc1ccc(OCc2ccccc2)cc1. The molecule has 0 aliphatic heterocycles. The van der Waals surface area contributed by atoms with E-state index in [1.807, 2.05) is 61.5 Å². The fraction of sp³-hybridized carbons (Fsp3) is 0.261. The number of amides is 1. The van der Waals surface area contributed by atoms with Crippen LogP contribution in [0.2, 0.25) is 0 Å². The van der Waals surface area contributed by atoms with Gasteiger partial charge >= 0.3 is 0 Å². The second-order valence-corrected chi connectivity index (χ2v) is 6.62. The fourth-order valence-electron chi connectivity index (χ4n) is 2.72. The standard InChI is InChI=1S/C23H25NO4/c1-18(9-10-20-8-5-15-26-20)24-23(25)17-28-22-13-11-21(12-14-22)27-16-19-6-3-2-4-7-19/h2-8,11-15,18H,9-10,16-17H2,1H3,(H,24,25). The summed E-state index contributed by atoms with van der Waals surface area (Å²) in [6.07, 6.45) is 3.26. The predicted molar refractivity (Wildman–Crippen MR) is 107 cm³/mol. The van der Waals surface area contributed by atoms with E-state index in [1.165, 1.54) is 0 Å². The molecule has 28 heavy (non-hydrogen) atoms. The highest BCUT2D eigenvalue weighted by Crippen LogP contribution is 2.18. The molecule has 0 aliphatic rings. The van der Waals surface area contributed by atoms with Gasteiger partial charge in [-0.2, -0.15) is 0 Å². The molecule has 0 saturated heterocycles. The summed E-state index contributed by atoms with van der Waals surface area (Å²) in [4.78, 5) is 12.0. The van der Waals surface area contributed by atoms with Gasteiger partial charge in [-0.25, -0.2) is 0 Å². The Morgan fingerprint density at radius 1 is 0.964 bits per heavy atom. The highest BCUT2D eigenvalue weighted by Gasteiger charge is 2.09. The summed E-state index contributed by atoms with van der Waals surface area (Å²) < 4.78 is 16.6. The van der Waals surface area contributed by atoms with E-state index < -0.39 is 0 Å². The summed E-state index contributed by atoms with van der Waals surface area (Å²) in [5.74, 6) is 2.17. The van der Waals surface area contributed by atoms with Gasteiger partial charge in [0.1, 0.15) is 23.9 Å². The van der Waals surface area contributed by atoms with E-state index >= 15 is 0 Å². The number of rotatable bonds is 10. The molecule has 0 bridgehead atoms. The maximum Gasteiger partial charge on any atom is 0.258 e. The lowest BCUT2D eigenvalue weighted by molar-refractivity contribution is -0.123. The van der Waals surface area contributed by atoms with Crippen molar-refractivity contribution in [1.82, 2.24) is 5.32 Å². The number of hydrogen-bond donors (Lipinski definition) is 1. The van der Waals surface area contributed by atoms with Gasteiger partial charge in [-0.15, -0.1) is 0 Å². The zero-order valence-corrected chi connectivity index (χ0v) is 16.0. The Balaban J connectivity index is 1.36. The molecule has 1 aromatic heterocycles. The van der Waals surface area contributed by atoms with Gasteiger partial charge in [0.25, 0.3) is 5.91 Å². The molecular weight excluding hydrogens is 354 g/mol. The van der Waals surface area contributed by atoms with Gasteiger partial charge < -0.3 is 19.2 Å². The maximum absolute atomic E-state index is 12.0. The van der Waals surface area contributed by atoms with Gasteiger partial charge in [0.2, 0.25) is 0 Å². The van der Waals surface area contributed by atoms with Crippen LogP contribution >= 0.6 is 0 Å². The van der Waals surface area contributed by atoms with Crippen LogP contribution in [0.25, 0.3) is 0 Å². The number of carbonyl (C=O) groups is 1. The lowest BCUT2D eigenvalue weighted by Crippen LogP contribution is -2.36. The number of ether oxygens (including phenoxy) is 2. The molecule has 0 saturated carbocycles. The average Bonchev–Trinajstić information content (AvgIpc) is 3.24. The number of aryl methyl sites for hydroxylation is 1. The Bertz CT molecular complexity index is 829. The van der Waals surface area contributed by atoms with Crippen molar-refractivity contribution >= 4 is 5.91 Å². The topological polar surface area (TPSA) is 60.7 Å². The van der Waals surface area contributed by atoms with Crippen LogP contribution in [0.1, 0.15) is 24.7 Å². The van der Waals surface area contributed by atoms with Crippen molar-refractivity contribution in [2.75, 3.05) is 6.61 Å². The van der Waals surface area contributed by atoms with Crippen molar-refractivity contribution in [2.45, 2.75) is 32.4 Å². The molecule has 5 nitrogen and oxygen atoms in total. The molecule has 0 aliphatic carbocycles. The molecule has 2 aromatic carbocycles. The summed E-state index contributed by atoms with van der Waals surface area (Å²) in [5.41, 5.74) is 1.11. The lowest BCUT2D eigenvalue weighted by Gasteiger charge is -2.14. The molecule has 1 unspecified atom stereocenters. The van der Waals surface area contributed by atoms with E-state index in [0.717, 1.165) is 29.9 Å². The minimum atomic E-state index is -0.142. The van der Waals surface area contributed by atoms with Crippen LogP contribution in [0.15, 0.2) is 77.4 Å². The van der Waals surface area contributed by atoms with Crippen molar-refractivity contribution < 1.29 is 18.7 Å². The van der Waals surface area contributed by atoms with Crippen LogP contribution in [-0.2, 0) is 17.8 Å². The van der Waals surface area contributed by atoms with Gasteiger partial charge in [-0.3, -0.25) is 4.79 Å². The highest BCUT2D eigenvalue weighted by molar-refractivity contribution is 5.77. The van der Waals surface area contributed by atoms with E-state index in [9.17, 15) is 4.79 Å². The third-order valence-corrected chi connectivity index (χ3v) is 4.25. The van der Waals surface area contributed by atoms with E-state index in [-0.39, 0.29) is 18.6 Å². The minimum Gasteiger partial charge on any atom is -0.489 e. The molecule has 1 heterocycles. The third-order valence-electron chi connectivity index (χ3n) is 4.25. The Morgan fingerprint density at radius 2 is 1.68 bits per heavy atom. The van der Waals surface area contributed by atoms with Gasteiger partial charge in [-0.1, -0.05) is 30.3 Å². The molecule has 0 spiro atoms. The summed E-state index contributed by atoms with van der Waals surface area (Å²) in [6, 6.07) is 21.1. The zero-order chi connectivity index (χ0) is 19.6. The first-order chi connectivity index (χ1) is 13.7. The molecule has 5 heteroatoms. The number of hydrogen-bond acceptors (Lipinski definition) is 4. The van der Waals surface area contributed by atoms with Gasteiger partial charge in [0.05, 0.1) is 6.26 Å². The highest BCUT2D eigenvalue weighted by atomic mass is 16.5. The fourth-order valence-corrected chi connectivity index (χ4v) is 2.72. The number of nitrogens with one attached hydrogen (secondary N) is 1. The van der Waals surface area contributed by atoms with E-state index in [4.69, 9.17) is 13.9 Å². The normalized spacial score (nSPS) is 11.6. The van der Waals surface area contributed by atoms with E-state index in [0.29, 0.717) is 12.4 Å². The van der Waals surface area contributed by atoms with Crippen LogP contribution < -0.4 is 14.8 Å². The maximum atomic E-state index is 12.0. The summed E-state index contributed by atoms with van der Waals surface area (Å²) in [7, 11) is 0. The molecule has 146 valence electrons. The Hall–Kier alpha value is -3.21. The first-order valence-corrected chi connectivity index (χ1v) is 9.40. The molecular formula is C23H25NO4. The number of carbonyl (C=O) groups excluding carboxylic acids is 1. The van der Waals surface area contributed by atoms with Crippen molar-refractivity contribution in [2.24, 2.45) is 0 Å². The molecule has 3 aromatic rings. The average molecular weight is 379 g/mol. The Kier molecular flexibility index (Phi) is 7.13. The molecule has 0 radical (unpaired) electrons. The van der Waals surface area contributed by atoms with Crippen molar-refractivity contribution in [3.8, 4) is 11.5 Å². The van der Waals surface area contributed by atoms with E-state index in [1.54, 1.807) is 18.4 Å². The molecule has 0 fully saturated rings. The zero-order valence-electron chi connectivity index (χ0n) is 16.0. The van der Waals surface area contributed by atoms with Crippen molar-refractivity contribution in [3.63, 3.8) is 0 Å². The summed E-state index contributed by atoms with van der Waals surface area (Å²) >= 11 is 0. The number of benzene rings is 2. The second kappa shape index (κ2) is 10.2. The number of furan rings is 1. The second-order valence-electron chi connectivity index (χ2n) is 6.62. The lowest BCUT2D eigenvalue weighted by atomic mass is 10.1. The smallest absolute Gasteiger partial charge is 0.258 e. The van der Waals surface area contributed by atoms with Crippen LogP contribution in [0.3, 0.4) is 0 Å². The molecule has 1 N–H and O–H groups in total. The van der Waals surface area contributed by atoms with Crippen LogP contribution in [0, 0.1) is 0 Å². The quantitative estimate of drug-likeness (QED) is 0.568. The molecule has 1 amide bonds. The largest absolute Gasteiger partial charge is 0.489 e. The van der Waals surface area contributed by atoms with Gasteiger partial charge in [-0.05, 0) is 55.3 Å².